The van der Waals surface area contributed by atoms with Gasteiger partial charge in [0.05, 0.1) is 11.6 Å². The van der Waals surface area contributed by atoms with Gasteiger partial charge < -0.3 is 5.73 Å². The van der Waals surface area contributed by atoms with E-state index >= 15 is 0 Å². The van der Waals surface area contributed by atoms with Gasteiger partial charge in [0.2, 0.25) is 17.7 Å². The molecule has 2 heterocycles. The molecule has 2 amide bonds. The maximum absolute atomic E-state index is 13.8. The number of hydrogen-bond acceptors (Lipinski definition) is 3. The van der Waals surface area contributed by atoms with Gasteiger partial charge in [-0.15, -0.1) is 0 Å². The van der Waals surface area contributed by atoms with Gasteiger partial charge in [-0.05, 0) is 31.4 Å². The number of halogens is 3. The summed E-state index contributed by atoms with van der Waals surface area (Å²) in [6.45, 7) is 0. The molecule has 1 spiro atoms. The zero-order valence-corrected chi connectivity index (χ0v) is 12.1. The monoisotopic (exact) mass is 326 g/mol. The van der Waals surface area contributed by atoms with Gasteiger partial charge in [0.1, 0.15) is 17.7 Å². The van der Waals surface area contributed by atoms with E-state index in [0.29, 0.717) is 0 Å². The average Bonchev–Trinajstić information content (AvgIpc) is 2.72. The number of rotatable bonds is 2. The standard InChI is InChI=1S/C15H15F3N3O2/c16-9-2-3-11(20-7-9)21-10(12(19)22)6-14(13(21)23)4-1-5-15(17,18)8-14/h1-3,7,10H,4-6,8H2,(H2,19,22)/t10?,14-/m0/s1. The summed E-state index contributed by atoms with van der Waals surface area (Å²) in [5, 5.41) is 0. The summed E-state index contributed by atoms with van der Waals surface area (Å²) in [5.74, 6) is -4.98. The van der Waals surface area contributed by atoms with Gasteiger partial charge in [-0.3, -0.25) is 14.5 Å². The molecule has 8 heteroatoms. The van der Waals surface area contributed by atoms with Crippen molar-refractivity contribution in [3.05, 3.63) is 30.6 Å². The number of primary amides is 1. The Morgan fingerprint density at radius 3 is 2.65 bits per heavy atom. The second-order valence-corrected chi connectivity index (χ2v) is 6.14. The van der Waals surface area contributed by atoms with Gasteiger partial charge in [0.25, 0.3) is 0 Å². The molecule has 1 saturated heterocycles. The average molecular weight is 326 g/mol. The van der Waals surface area contributed by atoms with Gasteiger partial charge >= 0.3 is 0 Å². The highest BCUT2D eigenvalue weighted by Gasteiger charge is 2.59. The van der Waals surface area contributed by atoms with Crippen LogP contribution in [0.1, 0.15) is 25.7 Å². The molecule has 1 saturated carbocycles. The Hall–Kier alpha value is -2.12. The predicted octanol–water partition coefficient (Wildman–Crippen LogP) is 1.82. The van der Waals surface area contributed by atoms with E-state index in [1.54, 1.807) is 0 Å². The fourth-order valence-corrected chi connectivity index (χ4v) is 3.47. The summed E-state index contributed by atoms with van der Waals surface area (Å²) >= 11 is 0. The lowest BCUT2D eigenvalue weighted by molar-refractivity contribution is -0.135. The second-order valence-electron chi connectivity index (χ2n) is 6.14. The first kappa shape index (κ1) is 15.8. The Morgan fingerprint density at radius 1 is 1.35 bits per heavy atom. The van der Waals surface area contributed by atoms with E-state index in [9.17, 15) is 22.8 Å². The predicted molar refractivity (Wildman–Crippen MR) is 74.8 cm³/mol. The minimum absolute atomic E-state index is 0.0333. The summed E-state index contributed by atoms with van der Waals surface area (Å²) in [6, 6.07) is 1.25. The highest BCUT2D eigenvalue weighted by molar-refractivity contribution is 6.06. The molecular weight excluding hydrogens is 311 g/mol. The van der Waals surface area contributed by atoms with Crippen LogP contribution in [0.4, 0.5) is 19.0 Å². The summed E-state index contributed by atoms with van der Waals surface area (Å²) in [6.07, 6.45) is 1.32. The van der Waals surface area contributed by atoms with E-state index in [0.717, 1.165) is 17.2 Å². The molecule has 2 fully saturated rings. The van der Waals surface area contributed by atoms with Crippen molar-refractivity contribution < 1.29 is 22.8 Å². The van der Waals surface area contributed by atoms with E-state index in [4.69, 9.17) is 5.73 Å². The van der Waals surface area contributed by atoms with Crippen molar-refractivity contribution in [2.24, 2.45) is 11.1 Å². The van der Waals surface area contributed by atoms with Crippen LogP contribution in [-0.4, -0.2) is 28.8 Å². The molecule has 2 aliphatic rings. The quantitative estimate of drug-likeness (QED) is 0.901. The smallest absolute Gasteiger partial charge is 0.249 e. The third-order valence-electron chi connectivity index (χ3n) is 4.43. The van der Waals surface area contributed by atoms with E-state index in [-0.39, 0.29) is 18.7 Å². The minimum Gasteiger partial charge on any atom is -0.368 e. The number of nitrogens with two attached hydrogens (primary N) is 1. The van der Waals surface area contributed by atoms with Crippen molar-refractivity contribution in [2.45, 2.75) is 37.6 Å². The van der Waals surface area contributed by atoms with Crippen molar-refractivity contribution >= 4 is 17.6 Å². The highest BCUT2D eigenvalue weighted by atomic mass is 19.3. The number of carbonyl (C=O) groups is 2. The fourth-order valence-electron chi connectivity index (χ4n) is 3.47. The van der Waals surface area contributed by atoms with E-state index < -0.39 is 47.9 Å². The van der Waals surface area contributed by atoms with Crippen LogP contribution in [0, 0.1) is 17.7 Å². The maximum atomic E-state index is 13.8. The third-order valence-corrected chi connectivity index (χ3v) is 4.43. The van der Waals surface area contributed by atoms with Crippen LogP contribution in [-0.2, 0) is 9.59 Å². The van der Waals surface area contributed by atoms with Gasteiger partial charge in [0.15, 0.2) is 0 Å². The number of alkyl halides is 2. The van der Waals surface area contributed by atoms with Crippen molar-refractivity contribution in [3.8, 4) is 0 Å². The molecule has 1 aliphatic heterocycles. The fraction of sp³-hybridized carbons (Fsp3) is 0.467. The zero-order valence-electron chi connectivity index (χ0n) is 12.1. The summed E-state index contributed by atoms with van der Waals surface area (Å²) in [5.41, 5.74) is 3.98. The van der Waals surface area contributed by atoms with Crippen molar-refractivity contribution in [1.82, 2.24) is 4.98 Å². The molecule has 23 heavy (non-hydrogen) atoms. The molecule has 2 atom stereocenters. The molecule has 1 aromatic rings. The lowest BCUT2D eigenvalue weighted by atomic mass is 9.70. The Bertz CT molecular complexity index is 650. The Labute approximate surface area is 130 Å². The van der Waals surface area contributed by atoms with Gasteiger partial charge in [0, 0.05) is 12.8 Å². The number of carbonyl (C=O) groups excluding carboxylic acids is 2. The maximum Gasteiger partial charge on any atom is 0.249 e. The number of aromatic nitrogens is 1. The van der Waals surface area contributed by atoms with Crippen LogP contribution >= 0.6 is 0 Å². The highest BCUT2D eigenvalue weighted by Crippen LogP contribution is 2.52. The van der Waals surface area contributed by atoms with Crippen LogP contribution < -0.4 is 10.6 Å². The first-order chi connectivity index (χ1) is 10.7. The first-order valence-corrected chi connectivity index (χ1v) is 7.18. The Kier molecular flexibility index (Phi) is 3.57. The lowest BCUT2D eigenvalue weighted by Crippen LogP contribution is -2.45. The summed E-state index contributed by atoms with van der Waals surface area (Å²) in [4.78, 5) is 29.3. The van der Waals surface area contributed by atoms with E-state index in [1.165, 1.54) is 12.5 Å². The normalized spacial score (nSPS) is 30.0. The molecule has 0 bridgehead atoms. The summed E-state index contributed by atoms with van der Waals surface area (Å²) < 4.78 is 40.6. The molecule has 123 valence electrons. The lowest BCUT2D eigenvalue weighted by Gasteiger charge is -2.35. The number of anilines is 1. The van der Waals surface area contributed by atoms with Gasteiger partial charge in [-0.2, -0.15) is 0 Å². The van der Waals surface area contributed by atoms with Crippen molar-refractivity contribution in [2.75, 3.05) is 4.90 Å². The third kappa shape index (κ3) is 2.66. The molecule has 1 aliphatic carbocycles. The van der Waals surface area contributed by atoms with Gasteiger partial charge in [-0.1, -0.05) is 0 Å². The number of nitrogens with zero attached hydrogens (tertiary/aromatic N) is 2. The molecule has 3 rings (SSSR count). The van der Waals surface area contributed by atoms with E-state index in [1.807, 2.05) is 0 Å². The summed E-state index contributed by atoms with van der Waals surface area (Å²) in [7, 11) is 0. The number of hydrogen-bond donors (Lipinski definition) is 1. The molecule has 1 aromatic heterocycles. The topological polar surface area (TPSA) is 76.3 Å². The van der Waals surface area contributed by atoms with Crippen LogP contribution in [0.3, 0.4) is 0 Å². The van der Waals surface area contributed by atoms with Crippen LogP contribution in [0.25, 0.3) is 0 Å². The molecule has 5 nitrogen and oxygen atoms in total. The Morgan fingerprint density at radius 2 is 2.09 bits per heavy atom. The molecule has 0 aromatic carbocycles. The first-order valence-electron chi connectivity index (χ1n) is 7.18. The number of amides is 2. The van der Waals surface area contributed by atoms with Gasteiger partial charge in [-0.25, -0.2) is 18.2 Å². The molecule has 1 unspecified atom stereocenters. The largest absolute Gasteiger partial charge is 0.368 e. The number of pyridine rings is 1. The minimum atomic E-state index is -3.00. The van der Waals surface area contributed by atoms with Crippen molar-refractivity contribution in [3.63, 3.8) is 0 Å². The second kappa shape index (κ2) is 5.21. The van der Waals surface area contributed by atoms with Crippen LogP contribution in [0.5, 0.6) is 0 Å². The van der Waals surface area contributed by atoms with Crippen LogP contribution in [0.2, 0.25) is 0 Å². The zero-order chi connectivity index (χ0) is 16.8. The molecule has 1 radical (unpaired) electrons. The van der Waals surface area contributed by atoms with E-state index in [2.05, 4.69) is 4.98 Å². The molecule has 2 N–H and O–H groups in total. The van der Waals surface area contributed by atoms with Crippen LogP contribution in [0.15, 0.2) is 18.3 Å². The molecular formula is C15H15F3N3O2. The Balaban J connectivity index is 2.00. The van der Waals surface area contributed by atoms with Crippen molar-refractivity contribution in [1.29, 1.82) is 0 Å². The SMILES string of the molecule is NC(=O)C1C[C@]2(C[CH]CC(F)(F)C2)C(=O)N1c1ccc(F)cn1.